The fraction of sp³-hybridized carbons (Fsp3) is 0.231. The van der Waals surface area contributed by atoms with Gasteiger partial charge in [-0.2, -0.15) is 0 Å². The monoisotopic (exact) mass is 277 g/mol. The molecular formula is C13H12FN3O3. The van der Waals surface area contributed by atoms with E-state index in [0.717, 1.165) is 5.56 Å². The Balaban J connectivity index is 2.09. The van der Waals surface area contributed by atoms with Crippen LogP contribution in [0.3, 0.4) is 0 Å². The van der Waals surface area contributed by atoms with E-state index in [1.807, 2.05) is 10.6 Å². The van der Waals surface area contributed by atoms with Crippen LogP contribution in [-0.2, 0) is 16.1 Å². The summed E-state index contributed by atoms with van der Waals surface area (Å²) in [5.41, 5.74) is 1.04. The standard InChI is InChI=1S/C13H12FN3O3/c1-7(10-11(18)16-13(20)17-12(10)19)15-6-8-2-4-9(14)5-3-8/h2-5,10H,6H2,1H3,(H2,16,17,18,19,20). The third-order valence-electron chi connectivity index (χ3n) is 2.84. The highest BCUT2D eigenvalue weighted by Crippen LogP contribution is 2.09. The van der Waals surface area contributed by atoms with Gasteiger partial charge in [0.1, 0.15) is 5.82 Å². The van der Waals surface area contributed by atoms with Gasteiger partial charge in [0.2, 0.25) is 11.8 Å². The van der Waals surface area contributed by atoms with Crippen LogP contribution in [0.2, 0.25) is 0 Å². The van der Waals surface area contributed by atoms with Crippen LogP contribution < -0.4 is 10.6 Å². The van der Waals surface area contributed by atoms with Crippen LogP contribution in [-0.4, -0.2) is 23.6 Å². The molecule has 0 radical (unpaired) electrons. The second-order valence-electron chi connectivity index (χ2n) is 4.32. The average Bonchev–Trinajstić information content (AvgIpc) is 2.37. The minimum atomic E-state index is -1.12. The van der Waals surface area contributed by atoms with Crippen molar-refractivity contribution in [1.29, 1.82) is 0 Å². The second kappa shape index (κ2) is 5.60. The van der Waals surface area contributed by atoms with E-state index in [1.165, 1.54) is 19.1 Å². The molecule has 7 heteroatoms. The van der Waals surface area contributed by atoms with Crippen molar-refractivity contribution < 1.29 is 18.8 Å². The van der Waals surface area contributed by atoms with Gasteiger partial charge < -0.3 is 0 Å². The molecule has 2 rings (SSSR count). The molecule has 0 aliphatic carbocycles. The van der Waals surface area contributed by atoms with Gasteiger partial charge in [-0.3, -0.25) is 25.2 Å². The predicted molar refractivity (Wildman–Crippen MR) is 68.4 cm³/mol. The SMILES string of the molecule is CC(=NCc1ccc(F)cc1)C1C(=O)NC(=O)NC1=O. The average molecular weight is 277 g/mol. The summed E-state index contributed by atoms with van der Waals surface area (Å²) in [6, 6.07) is 4.91. The van der Waals surface area contributed by atoms with Crippen molar-refractivity contribution in [2.75, 3.05) is 0 Å². The van der Waals surface area contributed by atoms with Crippen LogP contribution in [0.1, 0.15) is 12.5 Å². The number of nitrogens with one attached hydrogen (secondary N) is 2. The van der Waals surface area contributed by atoms with E-state index in [9.17, 15) is 18.8 Å². The van der Waals surface area contributed by atoms with E-state index < -0.39 is 23.8 Å². The molecule has 1 heterocycles. The zero-order valence-electron chi connectivity index (χ0n) is 10.6. The van der Waals surface area contributed by atoms with Crippen molar-refractivity contribution in [3.8, 4) is 0 Å². The van der Waals surface area contributed by atoms with Gasteiger partial charge in [0.25, 0.3) is 0 Å². The normalized spacial score (nSPS) is 16.9. The minimum Gasteiger partial charge on any atom is -0.288 e. The number of hydrogen-bond donors (Lipinski definition) is 2. The summed E-state index contributed by atoms with van der Waals surface area (Å²) in [4.78, 5) is 38.2. The number of amides is 4. The summed E-state index contributed by atoms with van der Waals surface area (Å²) in [6.45, 7) is 1.75. The zero-order valence-corrected chi connectivity index (χ0v) is 10.6. The van der Waals surface area contributed by atoms with Crippen molar-refractivity contribution in [2.24, 2.45) is 10.9 Å². The van der Waals surface area contributed by atoms with Gasteiger partial charge in [0.05, 0.1) is 6.54 Å². The van der Waals surface area contributed by atoms with Gasteiger partial charge in [-0.15, -0.1) is 0 Å². The van der Waals surface area contributed by atoms with Gasteiger partial charge >= 0.3 is 6.03 Å². The highest BCUT2D eigenvalue weighted by Gasteiger charge is 2.36. The summed E-state index contributed by atoms with van der Waals surface area (Å²) >= 11 is 0. The van der Waals surface area contributed by atoms with Crippen molar-refractivity contribution >= 4 is 23.6 Å². The van der Waals surface area contributed by atoms with Crippen LogP contribution in [0, 0.1) is 11.7 Å². The smallest absolute Gasteiger partial charge is 0.288 e. The molecule has 1 fully saturated rings. The van der Waals surface area contributed by atoms with Crippen LogP contribution in [0.15, 0.2) is 29.3 Å². The third kappa shape index (κ3) is 3.05. The highest BCUT2D eigenvalue weighted by molar-refractivity contribution is 6.27. The molecule has 0 spiro atoms. The van der Waals surface area contributed by atoms with Gasteiger partial charge in [-0.1, -0.05) is 12.1 Å². The predicted octanol–water partition coefficient (Wildman–Crippen LogP) is 0.769. The van der Waals surface area contributed by atoms with E-state index in [1.54, 1.807) is 12.1 Å². The molecule has 2 N–H and O–H groups in total. The zero-order chi connectivity index (χ0) is 14.7. The Morgan fingerprint density at radius 1 is 1.15 bits per heavy atom. The molecule has 1 aromatic rings. The van der Waals surface area contributed by atoms with E-state index >= 15 is 0 Å². The first-order valence-corrected chi connectivity index (χ1v) is 5.88. The van der Waals surface area contributed by atoms with Gasteiger partial charge in [-0.05, 0) is 24.6 Å². The Morgan fingerprint density at radius 2 is 1.70 bits per heavy atom. The van der Waals surface area contributed by atoms with Gasteiger partial charge in [0, 0.05) is 5.71 Å². The van der Waals surface area contributed by atoms with E-state index in [-0.39, 0.29) is 18.1 Å². The molecule has 20 heavy (non-hydrogen) atoms. The number of hydrogen-bond acceptors (Lipinski definition) is 4. The maximum absolute atomic E-state index is 12.7. The molecule has 1 aromatic carbocycles. The molecule has 0 atom stereocenters. The number of urea groups is 1. The van der Waals surface area contributed by atoms with Gasteiger partial charge in [0.15, 0.2) is 5.92 Å². The molecule has 0 unspecified atom stereocenters. The summed E-state index contributed by atoms with van der Waals surface area (Å²) in [7, 11) is 0. The summed E-state index contributed by atoms with van der Waals surface area (Å²) in [5.74, 6) is -2.86. The number of barbiturate groups is 1. The quantitative estimate of drug-likeness (QED) is 0.632. The maximum Gasteiger partial charge on any atom is 0.328 e. The summed E-state index contributed by atoms with van der Waals surface area (Å²) in [5, 5.41) is 4.01. The summed E-state index contributed by atoms with van der Waals surface area (Å²) in [6.07, 6.45) is 0. The van der Waals surface area contributed by atoms with E-state index in [2.05, 4.69) is 4.99 Å². The number of imide groups is 2. The van der Waals surface area contributed by atoms with Gasteiger partial charge in [-0.25, -0.2) is 9.18 Å². The first-order valence-electron chi connectivity index (χ1n) is 5.88. The topological polar surface area (TPSA) is 87.6 Å². The molecule has 1 aliphatic heterocycles. The van der Waals surface area contributed by atoms with Crippen molar-refractivity contribution in [3.63, 3.8) is 0 Å². The van der Waals surface area contributed by atoms with Crippen LogP contribution in [0.4, 0.5) is 9.18 Å². The molecule has 0 aromatic heterocycles. The molecule has 4 amide bonds. The van der Waals surface area contributed by atoms with Crippen LogP contribution in [0.25, 0.3) is 0 Å². The maximum atomic E-state index is 12.7. The third-order valence-corrected chi connectivity index (χ3v) is 2.84. The number of carbonyl (C=O) groups is 3. The number of carbonyl (C=O) groups excluding carboxylic acids is 3. The summed E-state index contributed by atoms with van der Waals surface area (Å²) < 4.78 is 12.7. The number of benzene rings is 1. The fourth-order valence-corrected chi connectivity index (χ4v) is 1.79. The Kier molecular flexibility index (Phi) is 3.88. The lowest BCUT2D eigenvalue weighted by atomic mass is 10.0. The van der Waals surface area contributed by atoms with Crippen LogP contribution in [0.5, 0.6) is 0 Å². The molecule has 0 saturated carbocycles. The van der Waals surface area contributed by atoms with Crippen molar-refractivity contribution in [2.45, 2.75) is 13.5 Å². The van der Waals surface area contributed by atoms with Crippen molar-refractivity contribution in [3.05, 3.63) is 35.6 Å². The number of halogens is 1. The lowest BCUT2D eigenvalue weighted by Crippen LogP contribution is -2.57. The molecular weight excluding hydrogens is 265 g/mol. The second-order valence-corrected chi connectivity index (χ2v) is 4.32. The minimum absolute atomic E-state index is 0.219. The lowest BCUT2D eigenvalue weighted by Gasteiger charge is -2.20. The highest BCUT2D eigenvalue weighted by atomic mass is 19.1. The Hall–Kier alpha value is -2.57. The lowest BCUT2D eigenvalue weighted by molar-refractivity contribution is -0.132. The Bertz CT molecular complexity index is 575. The first kappa shape index (κ1) is 13.9. The first-order chi connectivity index (χ1) is 9.47. The molecule has 1 aliphatic rings. The van der Waals surface area contributed by atoms with Crippen molar-refractivity contribution in [1.82, 2.24) is 10.6 Å². The Labute approximate surface area is 114 Å². The number of nitrogens with zero attached hydrogens (tertiary/aromatic N) is 1. The number of rotatable bonds is 3. The largest absolute Gasteiger partial charge is 0.328 e. The van der Waals surface area contributed by atoms with E-state index in [4.69, 9.17) is 0 Å². The van der Waals surface area contributed by atoms with Crippen LogP contribution >= 0.6 is 0 Å². The van der Waals surface area contributed by atoms with E-state index in [0.29, 0.717) is 0 Å². The fourth-order valence-electron chi connectivity index (χ4n) is 1.79. The molecule has 104 valence electrons. The molecule has 6 nitrogen and oxygen atoms in total. The molecule has 1 saturated heterocycles. The number of aliphatic imine (C=N–C) groups is 1. The molecule has 0 bridgehead atoms. The Morgan fingerprint density at radius 3 is 2.25 bits per heavy atom.